The smallest absolute Gasteiger partial charge is 0.372 e. The van der Waals surface area contributed by atoms with Gasteiger partial charge in [-0.1, -0.05) is 0 Å². The zero-order chi connectivity index (χ0) is 10.7. The Bertz CT molecular complexity index is 334. The maximum atomic E-state index is 10.9. The van der Waals surface area contributed by atoms with Crippen molar-refractivity contribution in [3.63, 3.8) is 0 Å². The molecule has 0 radical (unpaired) electrons. The van der Waals surface area contributed by atoms with Gasteiger partial charge in [0.25, 0.3) is 0 Å². The Morgan fingerprint density at radius 3 is 2.71 bits per heavy atom. The monoisotopic (exact) mass is 214 g/mol. The van der Waals surface area contributed by atoms with Gasteiger partial charge in [0.15, 0.2) is 0 Å². The van der Waals surface area contributed by atoms with Gasteiger partial charge in [-0.2, -0.15) is 11.8 Å². The Labute approximate surface area is 87.3 Å². The van der Waals surface area contributed by atoms with Gasteiger partial charge in [-0.15, -0.1) is 0 Å². The minimum atomic E-state index is -0.967. The molecule has 0 aliphatic carbocycles. The van der Waals surface area contributed by atoms with Crippen LogP contribution in [0.1, 0.15) is 36.2 Å². The molecule has 0 atom stereocenters. The zero-order valence-electron chi connectivity index (χ0n) is 8.52. The lowest BCUT2D eigenvalue weighted by molar-refractivity contribution is 0.0676. The fourth-order valence-electron chi connectivity index (χ4n) is 1.21. The first-order valence-corrected chi connectivity index (χ1v) is 5.75. The summed E-state index contributed by atoms with van der Waals surface area (Å²) >= 11 is 1.63. The van der Waals surface area contributed by atoms with E-state index in [4.69, 9.17) is 5.11 Å². The van der Waals surface area contributed by atoms with E-state index in [1.165, 1.54) is 0 Å². The average Bonchev–Trinajstić information content (AvgIpc) is 2.49. The number of hydrogen-bond acceptors (Lipinski definition) is 3. The molecular weight excluding hydrogens is 200 g/mol. The normalized spacial score (nSPS) is 10.9. The summed E-state index contributed by atoms with van der Waals surface area (Å²) in [6.07, 6.45) is 3.78. The molecule has 5 heteroatoms. The molecule has 14 heavy (non-hydrogen) atoms. The Morgan fingerprint density at radius 2 is 2.36 bits per heavy atom. The van der Waals surface area contributed by atoms with E-state index >= 15 is 0 Å². The molecule has 1 rings (SSSR count). The van der Waals surface area contributed by atoms with Crippen LogP contribution in [0.3, 0.4) is 0 Å². The summed E-state index contributed by atoms with van der Waals surface area (Å²) in [5.41, 5.74) is 0.823. The molecule has 4 nitrogen and oxygen atoms in total. The summed E-state index contributed by atoms with van der Waals surface area (Å²) in [5, 5.41) is 8.91. The summed E-state index contributed by atoms with van der Waals surface area (Å²) in [6, 6.07) is 0.129. The van der Waals surface area contributed by atoms with Gasteiger partial charge in [-0.05, 0) is 20.1 Å². The van der Waals surface area contributed by atoms with Gasteiger partial charge in [-0.3, -0.25) is 0 Å². The highest BCUT2D eigenvalue weighted by atomic mass is 32.2. The fraction of sp³-hybridized carbons (Fsp3) is 0.556. The van der Waals surface area contributed by atoms with E-state index in [-0.39, 0.29) is 11.9 Å². The van der Waals surface area contributed by atoms with Crippen molar-refractivity contribution in [2.24, 2.45) is 0 Å². The van der Waals surface area contributed by atoms with Gasteiger partial charge < -0.3 is 9.67 Å². The van der Waals surface area contributed by atoms with E-state index in [1.54, 1.807) is 16.3 Å². The van der Waals surface area contributed by atoms with Gasteiger partial charge in [0.2, 0.25) is 5.82 Å². The summed E-state index contributed by atoms with van der Waals surface area (Å²) in [7, 11) is 0. The predicted octanol–water partition coefficient (Wildman–Crippen LogP) is 2.03. The van der Waals surface area contributed by atoms with Crippen molar-refractivity contribution in [1.82, 2.24) is 9.55 Å². The number of imidazole rings is 1. The maximum absolute atomic E-state index is 10.9. The van der Waals surface area contributed by atoms with Crippen LogP contribution >= 0.6 is 11.8 Å². The molecule has 0 fully saturated rings. The van der Waals surface area contributed by atoms with Crippen LogP contribution in [0.4, 0.5) is 0 Å². The van der Waals surface area contributed by atoms with Crippen LogP contribution in [0.25, 0.3) is 0 Å². The first-order chi connectivity index (χ1) is 6.56. The fourth-order valence-corrected chi connectivity index (χ4v) is 1.65. The number of nitrogens with zero attached hydrogens (tertiary/aromatic N) is 2. The third kappa shape index (κ3) is 2.29. The second-order valence-corrected chi connectivity index (χ2v) is 4.16. The van der Waals surface area contributed by atoms with Crippen molar-refractivity contribution in [3.8, 4) is 0 Å². The van der Waals surface area contributed by atoms with Crippen LogP contribution in [0.2, 0.25) is 0 Å². The molecule has 1 aromatic heterocycles. The Hall–Kier alpha value is -0.970. The SMILES string of the molecule is CSCc1cn(C(C)C)c(C(=O)O)n1. The van der Waals surface area contributed by atoms with Crippen LogP contribution in [0.5, 0.6) is 0 Å². The van der Waals surface area contributed by atoms with Gasteiger partial charge >= 0.3 is 5.97 Å². The minimum absolute atomic E-state index is 0.129. The topological polar surface area (TPSA) is 55.1 Å². The lowest BCUT2D eigenvalue weighted by atomic mass is 10.4. The molecule has 0 aliphatic rings. The van der Waals surface area contributed by atoms with Crippen LogP contribution in [0, 0.1) is 0 Å². The number of thioether (sulfide) groups is 1. The lowest BCUT2D eigenvalue weighted by Gasteiger charge is -2.07. The summed E-state index contributed by atoms with van der Waals surface area (Å²) in [5.74, 6) is -0.0879. The molecule has 1 aromatic rings. The number of hydrogen-bond donors (Lipinski definition) is 1. The first kappa shape index (κ1) is 11.1. The van der Waals surface area contributed by atoms with Gasteiger partial charge in [0, 0.05) is 18.0 Å². The van der Waals surface area contributed by atoms with Crippen LogP contribution < -0.4 is 0 Å². The molecule has 0 spiro atoms. The molecule has 0 bridgehead atoms. The van der Waals surface area contributed by atoms with Crippen LogP contribution in [0.15, 0.2) is 6.20 Å². The predicted molar refractivity (Wildman–Crippen MR) is 56.8 cm³/mol. The molecule has 0 amide bonds. The molecule has 0 aliphatic heterocycles. The Kier molecular flexibility index (Phi) is 3.57. The van der Waals surface area contributed by atoms with Crippen molar-refractivity contribution in [3.05, 3.63) is 17.7 Å². The van der Waals surface area contributed by atoms with E-state index in [0.717, 1.165) is 11.4 Å². The van der Waals surface area contributed by atoms with Crippen LogP contribution in [-0.2, 0) is 5.75 Å². The van der Waals surface area contributed by atoms with E-state index in [0.29, 0.717) is 0 Å². The largest absolute Gasteiger partial charge is 0.475 e. The molecule has 0 saturated heterocycles. The van der Waals surface area contributed by atoms with Crippen molar-refractivity contribution in [2.45, 2.75) is 25.6 Å². The Morgan fingerprint density at radius 1 is 1.71 bits per heavy atom. The third-order valence-electron chi connectivity index (χ3n) is 1.82. The number of aromatic nitrogens is 2. The number of aromatic carboxylic acids is 1. The number of carboxylic acids is 1. The first-order valence-electron chi connectivity index (χ1n) is 4.36. The third-order valence-corrected chi connectivity index (χ3v) is 2.41. The van der Waals surface area contributed by atoms with E-state index in [2.05, 4.69) is 4.98 Å². The summed E-state index contributed by atoms with van der Waals surface area (Å²) < 4.78 is 1.69. The van der Waals surface area contributed by atoms with Crippen molar-refractivity contribution in [1.29, 1.82) is 0 Å². The summed E-state index contributed by atoms with van der Waals surface area (Å²) in [4.78, 5) is 14.9. The second-order valence-electron chi connectivity index (χ2n) is 3.30. The number of carboxylic acid groups (broad SMARTS) is 1. The molecule has 0 saturated carbocycles. The van der Waals surface area contributed by atoms with E-state index in [1.807, 2.05) is 26.3 Å². The highest BCUT2D eigenvalue weighted by Crippen LogP contribution is 2.14. The molecular formula is C9H14N2O2S. The molecule has 1 heterocycles. The van der Waals surface area contributed by atoms with Crippen molar-refractivity contribution in [2.75, 3.05) is 6.26 Å². The Balaban J connectivity index is 3.06. The standard InChI is InChI=1S/C9H14N2O2S/c1-6(2)11-4-7(5-14-3)10-8(11)9(12)13/h4,6H,5H2,1-3H3,(H,12,13). The summed E-state index contributed by atoms with van der Waals surface area (Å²) in [6.45, 7) is 3.88. The number of carbonyl (C=O) groups is 1. The molecule has 0 aromatic carbocycles. The molecule has 1 N–H and O–H groups in total. The second kappa shape index (κ2) is 4.50. The van der Waals surface area contributed by atoms with Gasteiger partial charge in [0.1, 0.15) is 0 Å². The van der Waals surface area contributed by atoms with E-state index < -0.39 is 5.97 Å². The quantitative estimate of drug-likeness (QED) is 0.833. The maximum Gasteiger partial charge on any atom is 0.372 e. The molecule has 78 valence electrons. The van der Waals surface area contributed by atoms with Crippen molar-refractivity contribution < 1.29 is 9.90 Å². The lowest BCUT2D eigenvalue weighted by Crippen LogP contribution is -2.10. The van der Waals surface area contributed by atoms with Gasteiger partial charge in [0.05, 0.1) is 5.69 Å². The average molecular weight is 214 g/mol. The molecule has 0 unspecified atom stereocenters. The van der Waals surface area contributed by atoms with E-state index in [9.17, 15) is 4.79 Å². The van der Waals surface area contributed by atoms with Crippen molar-refractivity contribution >= 4 is 17.7 Å². The highest BCUT2D eigenvalue weighted by molar-refractivity contribution is 7.97. The number of rotatable bonds is 4. The van der Waals surface area contributed by atoms with Crippen LogP contribution in [-0.4, -0.2) is 26.9 Å². The van der Waals surface area contributed by atoms with Gasteiger partial charge in [-0.25, -0.2) is 9.78 Å². The highest BCUT2D eigenvalue weighted by Gasteiger charge is 2.15. The minimum Gasteiger partial charge on any atom is -0.475 e. The zero-order valence-corrected chi connectivity index (χ0v) is 9.34.